The van der Waals surface area contributed by atoms with Gasteiger partial charge in [-0.3, -0.25) is 0 Å². The molecule has 0 bridgehead atoms. The van der Waals surface area contributed by atoms with Crippen LogP contribution in [-0.4, -0.2) is 53.9 Å². The van der Waals surface area contributed by atoms with Gasteiger partial charge in [0, 0.05) is 26.2 Å². The maximum atomic E-state index is 12.3. The Bertz CT molecular complexity index is 329. The number of hydrogen-bond acceptors (Lipinski definition) is 3. The van der Waals surface area contributed by atoms with E-state index < -0.39 is 15.8 Å². The Morgan fingerprint density at radius 1 is 1.24 bits per heavy atom. The van der Waals surface area contributed by atoms with E-state index in [9.17, 15) is 13.5 Å². The zero-order chi connectivity index (χ0) is 13.1. The minimum atomic E-state index is -3.40. The van der Waals surface area contributed by atoms with Gasteiger partial charge in [-0.25, -0.2) is 0 Å². The first-order valence-electron chi connectivity index (χ1n) is 6.25. The molecule has 0 saturated carbocycles. The van der Waals surface area contributed by atoms with E-state index in [1.54, 1.807) is 20.8 Å². The normalized spacial score (nSPS) is 19.8. The lowest BCUT2D eigenvalue weighted by Crippen LogP contribution is -2.50. The van der Waals surface area contributed by atoms with Crippen molar-refractivity contribution in [2.75, 3.05) is 26.2 Å². The number of hydrogen-bond donors (Lipinski definition) is 1. The van der Waals surface area contributed by atoms with Crippen LogP contribution in [-0.2, 0) is 10.2 Å². The van der Waals surface area contributed by atoms with Gasteiger partial charge in [-0.2, -0.15) is 17.0 Å². The molecule has 1 aliphatic heterocycles. The molecule has 0 aliphatic carbocycles. The third kappa shape index (κ3) is 4.21. The van der Waals surface area contributed by atoms with Crippen molar-refractivity contribution in [3.05, 3.63) is 0 Å². The fraction of sp³-hybridized carbons (Fsp3) is 1.00. The fourth-order valence-electron chi connectivity index (χ4n) is 2.05. The molecular formula is C11H24N2O3S. The predicted molar refractivity (Wildman–Crippen MR) is 67.9 cm³/mol. The Labute approximate surface area is 105 Å². The summed E-state index contributed by atoms with van der Waals surface area (Å²) >= 11 is 0. The van der Waals surface area contributed by atoms with Crippen molar-refractivity contribution in [2.24, 2.45) is 0 Å². The minimum absolute atomic E-state index is 0.141. The van der Waals surface area contributed by atoms with E-state index in [1.165, 1.54) is 8.61 Å². The van der Waals surface area contributed by atoms with Crippen molar-refractivity contribution >= 4 is 10.2 Å². The number of aliphatic hydroxyl groups is 1. The van der Waals surface area contributed by atoms with Gasteiger partial charge in [0.2, 0.25) is 0 Å². The Balaban J connectivity index is 2.78. The molecule has 0 atom stereocenters. The predicted octanol–water partition coefficient (Wildman–Crippen LogP) is 0.810. The molecule has 1 N–H and O–H groups in total. The highest BCUT2D eigenvalue weighted by Gasteiger charge is 2.32. The molecule has 102 valence electrons. The van der Waals surface area contributed by atoms with Crippen LogP contribution < -0.4 is 0 Å². The summed E-state index contributed by atoms with van der Waals surface area (Å²) in [6, 6.07) is 0. The first-order chi connectivity index (χ1) is 7.77. The number of nitrogens with zero attached hydrogens (tertiary/aromatic N) is 2. The van der Waals surface area contributed by atoms with E-state index >= 15 is 0 Å². The second kappa shape index (κ2) is 5.65. The molecule has 1 heterocycles. The first kappa shape index (κ1) is 14.9. The van der Waals surface area contributed by atoms with Crippen molar-refractivity contribution in [3.8, 4) is 0 Å². The molecule has 0 amide bonds. The summed E-state index contributed by atoms with van der Waals surface area (Å²) in [5.74, 6) is 0. The summed E-state index contributed by atoms with van der Waals surface area (Å²) in [5.41, 5.74) is -1.00. The Morgan fingerprint density at radius 2 is 1.76 bits per heavy atom. The lowest BCUT2D eigenvalue weighted by Gasteiger charge is -2.34. The largest absolute Gasteiger partial charge is 0.389 e. The molecule has 5 nitrogen and oxygen atoms in total. The Morgan fingerprint density at radius 3 is 2.18 bits per heavy atom. The van der Waals surface area contributed by atoms with Crippen molar-refractivity contribution in [3.63, 3.8) is 0 Å². The minimum Gasteiger partial charge on any atom is -0.389 e. The third-order valence-electron chi connectivity index (χ3n) is 2.88. The van der Waals surface area contributed by atoms with E-state index in [4.69, 9.17) is 0 Å². The summed E-state index contributed by atoms with van der Waals surface area (Å²) in [6.07, 6.45) is 2.96. The molecule has 0 aromatic carbocycles. The van der Waals surface area contributed by atoms with Crippen LogP contribution in [0.4, 0.5) is 0 Å². The van der Waals surface area contributed by atoms with Crippen LogP contribution in [0.15, 0.2) is 0 Å². The lowest BCUT2D eigenvalue weighted by atomic mass is 10.1. The van der Waals surface area contributed by atoms with Gasteiger partial charge in [0.05, 0.1) is 5.60 Å². The highest BCUT2D eigenvalue weighted by molar-refractivity contribution is 7.86. The molecule has 1 fully saturated rings. The van der Waals surface area contributed by atoms with Crippen LogP contribution in [0.3, 0.4) is 0 Å². The molecule has 17 heavy (non-hydrogen) atoms. The van der Waals surface area contributed by atoms with E-state index in [2.05, 4.69) is 0 Å². The fourth-order valence-corrected chi connectivity index (χ4v) is 3.90. The second-order valence-electron chi connectivity index (χ2n) is 5.21. The molecule has 1 saturated heterocycles. The highest BCUT2D eigenvalue weighted by atomic mass is 32.2. The third-order valence-corrected chi connectivity index (χ3v) is 4.94. The number of likely N-dealkylation sites (N-methyl/N-ethyl adjacent to an activating group) is 1. The van der Waals surface area contributed by atoms with E-state index in [-0.39, 0.29) is 6.54 Å². The van der Waals surface area contributed by atoms with Crippen molar-refractivity contribution < 1.29 is 13.5 Å². The maximum absolute atomic E-state index is 12.3. The smallest absolute Gasteiger partial charge is 0.282 e. The van der Waals surface area contributed by atoms with Gasteiger partial charge in [-0.15, -0.1) is 0 Å². The average Bonchev–Trinajstić information content (AvgIpc) is 2.25. The summed E-state index contributed by atoms with van der Waals surface area (Å²) < 4.78 is 27.6. The number of rotatable bonds is 5. The Kier molecular flexibility index (Phi) is 4.95. The zero-order valence-corrected chi connectivity index (χ0v) is 11.8. The molecule has 0 unspecified atom stereocenters. The van der Waals surface area contributed by atoms with Crippen molar-refractivity contribution in [2.45, 2.75) is 45.6 Å². The molecule has 1 rings (SSSR count). The van der Waals surface area contributed by atoms with Gasteiger partial charge in [0.1, 0.15) is 0 Å². The van der Waals surface area contributed by atoms with Gasteiger partial charge < -0.3 is 5.11 Å². The highest BCUT2D eigenvalue weighted by Crippen LogP contribution is 2.18. The summed E-state index contributed by atoms with van der Waals surface area (Å²) in [6.45, 7) is 6.79. The van der Waals surface area contributed by atoms with E-state index in [1.807, 2.05) is 0 Å². The topological polar surface area (TPSA) is 60.9 Å². The first-order valence-corrected chi connectivity index (χ1v) is 7.64. The van der Waals surface area contributed by atoms with Crippen molar-refractivity contribution in [1.82, 2.24) is 8.61 Å². The van der Waals surface area contributed by atoms with Gasteiger partial charge in [-0.1, -0.05) is 13.3 Å². The monoisotopic (exact) mass is 264 g/mol. The SMILES string of the molecule is CCN(CC(C)(C)O)S(=O)(=O)N1CCCCC1. The van der Waals surface area contributed by atoms with Gasteiger partial charge in [0.25, 0.3) is 10.2 Å². The maximum Gasteiger partial charge on any atom is 0.282 e. The average molecular weight is 264 g/mol. The van der Waals surface area contributed by atoms with Crippen LogP contribution >= 0.6 is 0 Å². The van der Waals surface area contributed by atoms with Gasteiger partial charge in [0.15, 0.2) is 0 Å². The lowest BCUT2D eigenvalue weighted by molar-refractivity contribution is 0.0582. The van der Waals surface area contributed by atoms with Crippen LogP contribution in [0, 0.1) is 0 Å². The molecule has 1 aliphatic rings. The van der Waals surface area contributed by atoms with Crippen LogP contribution in [0.5, 0.6) is 0 Å². The summed E-state index contributed by atoms with van der Waals surface area (Å²) in [4.78, 5) is 0. The van der Waals surface area contributed by atoms with E-state index in [0.717, 1.165) is 19.3 Å². The van der Waals surface area contributed by atoms with Crippen LogP contribution in [0.25, 0.3) is 0 Å². The standard InChI is InChI=1S/C11H24N2O3S/c1-4-12(10-11(2,3)14)17(15,16)13-8-6-5-7-9-13/h14H,4-10H2,1-3H3. The number of piperidine rings is 1. The van der Waals surface area contributed by atoms with Gasteiger partial charge >= 0.3 is 0 Å². The Hall–Kier alpha value is -0.170. The quantitative estimate of drug-likeness (QED) is 0.799. The second-order valence-corrected chi connectivity index (χ2v) is 7.13. The van der Waals surface area contributed by atoms with Gasteiger partial charge in [-0.05, 0) is 26.7 Å². The molecule has 0 radical (unpaired) electrons. The summed E-state index contributed by atoms with van der Waals surface area (Å²) in [5, 5.41) is 9.76. The molecular weight excluding hydrogens is 240 g/mol. The van der Waals surface area contributed by atoms with Crippen LogP contribution in [0.2, 0.25) is 0 Å². The molecule has 6 heteroatoms. The molecule has 0 spiro atoms. The van der Waals surface area contributed by atoms with Crippen LogP contribution in [0.1, 0.15) is 40.0 Å². The summed E-state index contributed by atoms with van der Waals surface area (Å²) in [7, 11) is -3.40. The van der Waals surface area contributed by atoms with E-state index in [0.29, 0.717) is 19.6 Å². The van der Waals surface area contributed by atoms with Crippen molar-refractivity contribution in [1.29, 1.82) is 0 Å². The zero-order valence-electron chi connectivity index (χ0n) is 11.0. The molecule has 0 aromatic heterocycles. The molecule has 0 aromatic rings.